The number of nitrogens with zero attached hydrogens (tertiary/aromatic N) is 1. The fourth-order valence-electron chi connectivity index (χ4n) is 1.36. The van der Waals surface area contributed by atoms with Crippen LogP contribution in [0.15, 0.2) is 0 Å². The minimum absolute atomic E-state index is 0.0663. The number of aliphatic hydroxyl groups excluding tert-OH is 3. The lowest BCUT2D eigenvalue weighted by molar-refractivity contribution is -0.138. The van der Waals surface area contributed by atoms with Crippen molar-refractivity contribution in [1.29, 1.82) is 0 Å². The van der Waals surface area contributed by atoms with Gasteiger partial charge in [0.05, 0.1) is 19.3 Å². The number of methoxy groups -OCH3 is 1. The van der Waals surface area contributed by atoms with E-state index in [1.807, 2.05) is 0 Å². The summed E-state index contributed by atoms with van der Waals surface area (Å²) in [6.07, 6.45) is -3.39. The van der Waals surface area contributed by atoms with Crippen LogP contribution in [0.2, 0.25) is 0 Å². The minimum atomic E-state index is -1.30. The topological polar surface area (TPSA) is 110 Å². The van der Waals surface area contributed by atoms with E-state index in [-0.39, 0.29) is 19.6 Å². The molecule has 3 atom stereocenters. The fourth-order valence-corrected chi connectivity index (χ4v) is 1.36. The van der Waals surface area contributed by atoms with Crippen molar-refractivity contribution in [1.82, 2.24) is 4.90 Å². The molecule has 0 radical (unpaired) electrons. The first-order valence-corrected chi connectivity index (χ1v) is 5.32. The third-order valence-electron chi connectivity index (χ3n) is 2.34. The van der Waals surface area contributed by atoms with E-state index < -0.39 is 24.3 Å². The van der Waals surface area contributed by atoms with Crippen molar-refractivity contribution < 1.29 is 30.0 Å². The van der Waals surface area contributed by atoms with E-state index in [2.05, 4.69) is 4.74 Å². The number of likely N-dealkylation sites (N-methyl/N-ethyl adjacent to an activating group) is 1. The van der Waals surface area contributed by atoms with E-state index in [9.17, 15) is 20.1 Å². The Morgan fingerprint density at radius 1 is 1.29 bits per heavy atom. The van der Waals surface area contributed by atoms with Gasteiger partial charge in [0, 0.05) is 13.7 Å². The number of carboxylic acids is 1. The summed E-state index contributed by atoms with van der Waals surface area (Å²) in [4.78, 5) is 11.9. The number of aliphatic hydroxyl groups is 3. The van der Waals surface area contributed by atoms with Crippen molar-refractivity contribution in [3.05, 3.63) is 0 Å². The monoisotopic (exact) mass is 251 g/mol. The molecule has 0 aromatic rings. The molecule has 0 saturated carbocycles. The van der Waals surface area contributed by atoms with Crippen LogP contribution in [0.4, 0.5) is 0 Å². The number of ether oxygens (including phenoxy) is 1. The molecule has 1 unspecified atom stereocenters. The first-order chi connectivity index (χ1) is 7.88. The Bertz CT molecular complexity index is 225. The number of aliphatic carboxylic acids is 1. The average Bonchev–Trinajstić information content (AvgIpc) is 2.24. The Kier molecular flexibility index (Phi) is 8.01. The van der Waals surface area contributed by atoms with E-state index >= 15 is 0 Å². The van der Waals surface area contributed by atoms with Gasteiger partial charge in [-0.2, -0.15) is 0 Å². The zero-order valence-electron chi connectivity index (χ0n) is 10.1. The largest absolute Gasteiger partial charge is 0.480 e. The molecule has 0 fully saturated rings. The number of carboxylic acid groups (broad SMARTS) is 1. The Hall–Kier alpha value is -0.730. The van der Waals surface area contributed by atoms with Crippen LogP contribution in [0.1, 0.15) is 6.42 Å². The third kappa shape index (κ3) is 7.24. The molecule has 0 spiro atoms. The van der Waals surface area contributed by atoms with E-state index in [0.29, 0.717) is 6.54 Å². The van der Waals surface area contributed by atoms with E-state index in [4.69, 9.17) is 5.11 Å². The quantitative estimate of drug-likeness (QED) is 0.379. The highest BCUT2D eigenvalue weighted by Crippen LogP contribution is 2.05. The van der Waals surface area contributed by atoms with Gasteiger partial charge in [0.1, 0.15) is 12.2 Å². The van der Waals surface area contributed by atoms with Crippen LogP contribution >= 0.6 is 0 Å². The first-order valence-electron chi connectivity index (χ1n) is 5.32. The van der Waals surface area contributed by atoms with Gasteiger partial charge in [0.2, 0.25) is 0 Å². The highest BCUT2D eigenvalue weighted by Gasteiger charge is 2.24. The number of hydrogen-bond donors (Lipinski definition) is 4. The van der Waals surface area contributed by atoms with Gasteiger partial charge in [-0.1, -0.05) is 0 Å². The normalized spacial score (nSPS) is 16.8. The first kappa shape index (κ1) is 16.3. The van der Waals surface area contributed by atoms with Gasteiger partial charge in [-0.15, -0.1) is 0 Å². The molecule has 0 aromatic heterocycles. The molecule has 0 bridgehead atoms. The zero-order chi connectivity index (χ0) is 13.4. The molecular formula is C10H21NO6. The number of hydrogen-bond acceptors (Lipinski definition) is 6. The molecule has 0 saturated heterocycles. The molecule has 0 amide bonds. The highest BCUT2D eigenvalue weighted by molar-refractivity contribution is 5.68. The highest BCUT2D eigenvalue weighted by atomic mass is 16.5. The molecule has 0 aliphatic carbocycles. The number of rotatable bonds is 9. The number of carbonyl (C=O) groups is 1. The average molecular weight is 251 g/mol. The maximum atomic E-state index is 10.4. The SMILES string of the molecule is COCC(O)[C@@H](O)[C@H](O)CCN(C)CC(=O)O. The van der Waals surface area contributed by atoms with E-state index in [1.165, 1.54) is 12.0 Å². The van der Waals surface area contributed by atoms with Gasteiger partial charge in [-0.25, -0.2) is 0 Å². The maximum Gasteiger partial charge on any atom is 0.317 e. The van der Waals surface area contributed by atoms with Gasteiger partial charge >= 0.3 is 5.97 Å². The summed E-state index contributed by atoms with van der Waals surface area (Å²) in [6, 6.07) is 0. The molecule has 0 aromatic carbocycles. The smallest absolute Gasteiger partial charge is 0.317 e. The van der Waals surface area contributed by atoms with Gasteiger partial charge in [-0.05, 0) is 13.5 Å². The zero-order valence-corrected chi connectivity index (χ0v) is 10.1. The Balaban J connectivity index is 3.91. The summed E-state index contributed by atoms with van der Waals surface area (Å²) in [5.74, 6) is -0.957. The summed E-state index contributed by atoms with van der Waals surface area (Å²) in [7, 11) is 2.97. The van der Waals surface area contributed by atoms with Crippen LogP contribution in [0.5, 0.6) is 0 Å². The van der Waals surface area contributed by atoms with Crippen molar-refractivity contribution in [3.63, 3.8) is 0 Å². The summed E-state index contributed by atoms with van der Waals surface area (Å²) in [5, 5.41) is 36.9. The summed E-state index contributed by atoms with van der Waals surface area (Å²) >= 11 is 0. The van der Waals surface area contributed by atoms with Crippen molar-refractivity contribution in [3.8, 4) is 0 Å². The Labute approximate surface area is 100 Å². The molecule has 4 N–H and O–H groups in total. The Morgan fingerprint density at radius 2 is 1.88 bits per heavy atom. The lowest BCUT2D eigenvalue weighted by Gasteiger charge is -2.24. The molecule has 0 heterocycles. The summed E-state index contributed by atoms with van der Waals surface area (Å²) in [5.41, 5.74) is 0. The van der Waals surface area contributed by atoms with Crippen molar-refractivity contribution in [2.45, 2.75) is 24.7 Å². The molecular weight excluding hydrogens is 230 g/mol. The van der Waals surface area contributed by atoms with Crippen LogP contribution in [0.25, 0.3) is 0 Å². The second-order valence-electron chi connectivity index (χ2n) is 4.00. The van der Waals surface area contributed by atoms with Crippen LogP contribution in [-0.4, -0.2) is 83.5 Å². The standard InChI is InChI=1S/C10H21NO6/c1-11(5-9(14)15)4-3-7(12)10(16)8(13)6-17-2/h7-8,10,12-13,16H,3-6H2,1-2H3,(H,14,15)/t7-,8?,10+/m1/s1. The molecule has 7 heteroatoms. The molecule has 0 rings (SSSR count). The summed E-state index contributed by atoms with van der Waals surface area (Å²) < 4.78 is 4.64. The lowest BCUT2D eigenvalue weighted by Crippen LogP contribution is -2.41. The van der Waals surface area contributed by atoms with E-state index in [1.54, 1.807) is 7.05 Å². The van der Waals surface area contributed by atoms with Crippen LogP contribution in [0, 0.1) is 0 Å². The minimum Gasteiger partial charge on any atom is -0.480 e. The molecule has 0 aliphatic rings. The Morgan fingerprint density at radius 3 is 2.35 bits per heavy atom. The van der Waals surface area contributed by atoms with Crippen LogP contribution in [-0.2, 0) is 9.53 Å². The predicted molar refractivity (Wildman–Crippen MR) is 59.6 cm³/mol. The second-order valence-corrected chi connectivity index (χ2v) is 4.00. The van der Waals surface area contributed by atoms with Crippen LogP contribution < -0.4 is 0 Å². The third-order valence-corrected chi connectivity index (χ3v) is 2.34. The lowest BCUT2D eigenvalue weighted by atomic mass is 10.1. The maximum absolute atomic E-state index is 10.4. The summed E-state index contributed by atoms with van der Waals surface area (Å²) in [6.45, 7) is 0.108. The van der Waals surface area contributed by atoms with Gasteiger partial charge < -0.3 is 25.2 Å². The molecule has 102 valence electrons. The van der Waals surface area contributed by atoms with Crippen molar-refractivity contribution in [2.24, 2.45) is 0 Å². The second kappa shape index (κ2) is 8.37. The van der Waals surface area contributed by atoms with Crippen molar-refractivity contribution in [2.75, 3.05) is 33.9 Å². The van der Waals surface area contributed by atoms with Gasteiger partial charge in [-0.3, -0.25) is 9.69 Å². The van der Waals surface area contributed by atoms with E-state index in [0.717, 1.165) is 0 Å². The van der Waals surface area contributed by atoms with Crippen molar-refractivity contribution >= 4 is 5.97 Å². The molecule has 17 heavy (non-hydrogen) atoms. The molecule has 7 nitrogen and oxygen atoms in total. The fraction of sp³-hybridized carbons (Fsp3) is 0.900. The van der Waals surface area contributed by atoms with Gasteiger partial charge in [0.15, 0.2) is 0 Å². The van der Waals surface area contributed by atoms with Crippen LogP contribution in [0.3, 0.4) is 0 Å². The van der Waals surface area contributed by atoms with Gasteiger partial charge in [0.25, 0.3) is 0 Å². The molecule has 0 aliphatic heterocycles. The predicted octanol–water partition coefficient (Wildman–Crippen LogP) is -1.88.